The number of aliphatic hydroxyl groups is 2. The molecule has 0 heterocycles. The summed E-state index contributed by atoms with van der Waals surface area (Å²) in [5, 5.41) is 37.5. The van der Waals surface area contributed by atoms with Gasteiger partial charge >= 0.3 is 5.70 Å². The molecule has 0 amide bonds. The largest absolute Gasteiger partial charge is 0.504 e. The van der Waals surface area contributed by atoms with Gasteiger partial charge in [0.1, 0.15) is 0 Å². The van der Waals surface area contributed by atoms with Crippen LogP contribution in [-0.2, 0) is 0 Å². The van der Waals surface area contributed by atoms with Gasteiger partial charge in [0.05, 0.1) is 11.0 Å². The summed E-state index contributed by atoms with van der Waals surface area (Å²) in [7, 11) is 0. The highest BCUT2D eigenvalue weighted by molar-refractivity contribution is 5.27. The quantitative estimate of drug-likeness (QED) is 0.251. The molecule has 0 unspecified atom stereocenters. The van der Waals surface area contributed by atoms with E-state index in [9.17, 15) is 20.3 Å². The number of nitriles is 1. The second kappa shape index (κ2) is 6.85. The van der Waals surface area contributed by atoms with Gasteiger partial charge in [0.2, 0.25) is 5.76 Å². The molecule has 0 aromatic rings. The Morgan fingerprint density at radius 2 is 2.12 bits per heavy atom. The molecule has 0 aliphatic heterocycles. The average molecular weight is 236 g/mol. The maximum absolute atomic E-state index is 10.4. The molecule has 0 saturated heterocycles. The van der Waals surface area contributed by atoms with E-state index in [4.69, 9.17) is 5.26 Å². The fraction of sp³-hybridized carbons (Fsp3) is 0.182. The third kappa shape index (κ3) is 4.66. The van der Waals surface area contributed by atoms with Crippen LogP contribution in [-0.4, -0.2) is 15.1 Å². The minimum atomic E-state index is -0.858. The highest BCUT2D eigenvalue weighted by atomic mass is 16.6. The smallest absolute Gasteiger partial charge is 0.314 e. The first-order valence-electron chi connectivity index (χ1n) is 4.60. The zero-order valence-electron chi connectivity index (χ0n) is 9.25. The molecule has 0 fully saturated rings. The Hall–Kier alpha value is -2.55. The minimum Gasteiger partial charge on any atom is -0.504 e. The second-order valence-electron chi connectivity index (χ2n) is 3.02. The molecular weight excluding hydrogens is 224 g/mol. The molecule has 0 aromatic heterocycles. The van der Waals surface area contributed by atoms with Gasteiger partial charge in [-0.25, -0.2) is 0 Å². The summed E-state index contributed by atoms with van der Waals surface area (Å²) in [5.74, 6) is -1.48. The van der Waals surface area contributed by atoms with E-state index in [-0.39, 0.29) is 6.42 Å². The van der Waals surface area contributed by atoms with E-state index >= 15 is 0 Å². The highest BCUT2D eigenvalue weighted by Crippen LogP contribution is 2.12. The van der Waals surface area contributed by atoms with Crippen molar-refractivity contribution in [1.82, 2.24) is 0 Å². The van der Waals surface area contributed by atoms with Crippen LogP contribution in [0.15, 0.2) is 47.6 Å². The number of nitro groups is 1. The van der Waals surface area contributed by atoms with Crippen molar-refractivity contribution in [3.63, 3.8) is 0 Å². The van der Waals surface area contributed by atoms with Crippen molar-refractivity contribution < 1.29 is 15.1 Å². The number of nitrogens with zero attached hydrogens (tertiary/aromatic N) is 2. The molecule has 6 heteroatoms. The molecule has 90 valence electrons. The maximum Gasteiger partial charge on any atom is 0.314 e. The van der Waals surface area contributed by atoms with Gasteiger partial charge in [-0.1, -0.05) is 12.7 Å². The van der Waals surface area contributed by atoms with Crippen molar-refractivity contribution in [3.05, 3.63) is 57.7 Å². The fourth-order valence-corrected chi connectivity index (χ4v) is 0.879. The van der Waals surface area contributed by atoms with Crippen molar-refractivity contribution in [1.29, 1.82) is 5.26 Å². The van der Waals surface area contributed by atoms with E-state index in [2.05, 4.69) is 6.58 Å². The number of hydrogen-bond donors (Lipinski definition) is 2. The second-order valence-corrected chi connectivity index (χ2v) is 3.02. The topological polar surface area (TPSA) is 107 Å². The summed E-state index contributed by atoms with van der Waals surface area (Å²) in [5.41, 5.74) is -0.240. The summed E-state index contributed by atoms with van der Waals surface area (Å²) in [6, 6.07) is 1.87. The van der Waals surface area contributed by atoms with E-state index < -0.39 is 22.1 Å². The van der Waals surface area contributed by atoms with Crippen LogP contribution in [0.25, 0.3) is 0 Å². The first-order valence-corrected chi connectivity index (χ1v) is 4.60. The van der Waals surface area contributed by atoms with Crippen molar-refractivity contribution in [3.8, 4) is 6.07 Å². The molecular formula is C11H12N2O4. The number of aliphatic hydroxyl groups excluding tert-OH is 2. The molecule has 0 saturated carbocycles. The van der Waals surface area contributed by atoms with E-state index in [1.54, 1.807) is 6.92 Å². The monoisotopic (exact) mass is 236 g/mol. The van der Waals surface area contributed by atoms with Crippen molar-refractivity contribution in [2.75, 3.05) is 0 Å². The van der Waals surface area contributed by atoms with Gasteiger partial charge in [-0.15, -0.1) is 0 Å². The molecule has 6 nitrogen and oxygen atoms in total. The Kier molecular flexibility index (Phi) is 5.82. The van der Waals surface area contributed by atoms with Crippen molar-refractivity contribution in [2.24, 2.45) is 0 Å². The zero-order chi connectivity index (χ0) is 13.4. The molecule has 0 rings (SSSR count). The van der Waals surface area contributed by atoms with Crippen LogP contribution in [0.5, 0.6) is 0 Å². The van der Waals surface area contributed by atoms with E-state index in [1.807, 2.05) is 6.07 Å². The van der Waals surface area contributed by atoms with Crippen LogP contribution in [0, 0.1) is 21.4 Å². The Morgan fingerprint density at radius 1 is 1.53 bits per heavy atom. The van der Waals surface area contributed by atoms with E-state index in [0.29, 0.717) is 5.57 Å². The number of hydrogen-bond acceptors (Lipinski definition) is 5. The molecule has 0 bridgehead atoms. The fourth-order valence-electron chi connectivity index (χ4n) is 0.879. The van der Waals surface area contributed by atoms with Crippen LogP contribution in [0.3, 0.4) is 0 Å². The molecule has 0 radical (unpaired) electrons. The lowest BCUT2D eigenvalue weighted by Crippen LogP contribution is -2.02. The van der Waals surface area contributed by atoms with Crippen LogP contribution in [0.1, 0.15) is 13.3 Å². The van der Waals surface area contributed by atoms with Crippen molar-refractivity contribution >= 4 is 0 Å². The van der Waals surface area contributed by atoms with Crippen LogP contribution < -0.4 is 0 Å². The standard InChI is InChI=1S/C11H12N2O4/c1-3-9(13(16)17)11(15)10(14)6-4-5-8(2)7-12/h3,5-6,14-15H,1,4H2,2H3/b8-5-,10-6+,11-9-. The van der Waals surface area contributed by atoms with Gasteiger partial charge in [-0.3, -0.25) is 10.1 Å². The van der Waals surface area contributed by atoms with Crippen LogP contribution >= 0.6 is 0 Å². The SMILES string of the molecule is C=C/C(=C(O)\C(O)=C/C/C=C(/C)C#N)[N+](=O)[O-]. The first-order chi connectivity index (χ1) is 7.93. The van der Waals surface area contributed by atoms with Gasteiger partial charge in [0.15, 0.2) is 5.76 Å². The molecule has 17 heavy (non-hydrogen) atoms. The average Bonchev–Trinajstić information content (AvgIpc) is 2.28. The molecule has 0 aliphatic rings. The van der Waals surface area contributed by atoms with E-state index in [1.165, 1.54) is 6.08 Å². The molecule has 0 spiro atoms. The highest BCUT2D eigenvalue weighted by Gasteiger charge is 2.16. The number of rotatable bonds is 5. The zero-order valence-corrected chi connectivity index (χ0v) is 9.25. The van der Waals surface area contributed by atoms with Gasteiger partial charge in [-0.2, -0.15) is 5.26 Å². The predicted octanol–water partition coefficient (Wildman–Crippen LogP) is 2.52. The molecule has 0 aromatic carbocycles. The lowest BCUT2D eigenvalue weighted by molar-refractivity contribution is -0.421. The van der Waals surface area contributed by atoms with Gasteiger partial charge in [0, 0.05) is 11.6 Å². The third-order valence-electron chi connectivity index (χ3n) is 1.79. The Morgan fingerprint density at radius 3 is 2.53 bits per heavy atom. The van der Waals surface area contributed by atoms with E-state index in [0.717, 1.165) is 12.2 Å². The maximum atomic E-state index is 10.4. The molecule has 0 aliphatic carbocycles. The first kappa shape index (κ1) is 14.5. The van der Waals surface area contributed by atoms with Gasteiger partial charge in [-0.05, 0) is 19.4 Å². The summed E-state index contributed by atoms with van der Waals surface area (Å²) in [4.78, 5) is 9.57. The van der Waals surface area contributed by atoms with Gasteiger partial charge in [0.25, 0.3) is 0 Å². The van der Waals surface area contributed by atoms with Crippen LogP contribution in [0.2, 0.25) is 0 Å². The lowest BCUT2D eigenvalue weighted by Gasteiger charge is -1.98. The Balaban J connectivity index is 5.00. The normalized spacial score (nSPS) is 13.6. The van der Waals surface area contributed by atoms with Gasteiger partial charge < -0.3 is 10.2 Å². The Labute approximate surface area is 98.3 Å². The third-order valence-corrected chi connectivity index (χ3v) is 1.79. The number of allylic oxidation sites excluding steroid dienone is 4. The predicted molar refractivity (Wildman–Crippen MR) is 61.5 cm³/mol. The minimum absolute atomic E-state index is 0.178. The lowest BCUT2D eigenvalue weighted by atomic mass is 10.2. The summed E-state index contributed by atoms with van der Waals surface area (Å²) in [6.45, 7) is 4.73. The Bertz CT molecular complexity index is 453. The van der Waals surface area contributed by atoms with Crippen molar-refractivity contribution in [2.45, 2.75) is 13.3 Å². The summed E-state index contributed by atoms with van der Waals surface area (Å²) in [6.07, 6.45) is 3.67. The molecule has 2 N–H and O–H groups in total. The summed E-state index contributed by atoms with van der Waals surface area (Å²) >= 11 is 0. The van der Waals surface area contributed by atoms with Crippen LogP contribution in [0.4, 0.5) is 0 Å². The summed E-state index contributed by atoms with van der Waals surface area (Å²) < 4.78 is 0. The molecule has 0 atom stereocenters.